The molecule has 9 nitrogen and oxygen atoms in total. The minimum Gasteiger partial charge on any atom is -0.465 e. The lowest BCUT2D eigenvalue weighted by Gasteiger charge is -2.47. The summed E-state index contributed by atoms with van der Waals surface area (Å²) >= 11 is 1.26. The van der Waals surface area contributed by atoms with Gasteiger partial charge in [0.05, 0.1) is 19.0 Å². The third kappa shape index (κ3) is 4.71. The summed E-state index contributed by atoms with van der Waals surface area (Å²) in [6, 6.07) is 3.93. The van der Waals surface area contributed by atoms with Crippen LogP contribution in [-0.4, -0.2) is 50.7 Å². The van der Waals surface area contributed by atoms with E-state index in [0.717, 1.165) is 12.4 Å². The number of carbonyl (C=O) groups is 2. The first-order valence-electron chi connectivity index (χ1n) is 10.3. The Labute approximate surface area is 196 Å². The van der Waals surface area contributed by atoms with E-state index < -0.39 is 35.5 Å². The lowest BCUT2D eigenvalue weighted by molar-refractivity contribution is -0.00429. The van der Waals surface area contributed by atoms with E-state index in [1.807, 2.05) is 6.92 Å². The molecule has 2 aliphatic rings. The highest BCUT2D eigenvalue weighted by Gasteiger charge is 2.50. The fourth-order valence-corrected chi connectivity index (χ4v) is 5.41. The van der Waals surface area contributed by atoms with Crippen molar-refractivity contribution in [1.29, 1.82) is 0 Å². The number of benzene rings is 1. The Hall–Kier alpha value is -3.19. The van der Waals surface area contributed by atoms with Gasteiger partial charge in [0, 0.05) is 29.0 Å². The minimum absolute atomic E-state index is 0.0300. The molecule has 2 aromatic rings. The fraction of sp³-hybridized carbons (Fsp3) is 0.381. The van der Waals surface area contributed by atoms with Gasteiger partial charge in [0.1, 0.15) is 22.7 Å². The number of carboxylic acid groups (broad SMARTS) is 1. The van der Waals surface area contributed by atoms with Crippen LogP contribution in [0.1, 0.15) is 41.5 Å². The Morgan fingerprint density at radius 2 is 2.06 bits per heavy atom. The van der Waals surface area contributed by atoms with Gasteiger partial charge in [-0.1, -0.05) is 18.7 Å². The number of rotatable bonds is 4. The Balaban J connectivity index is 1.68. The highest BCUT2D eigenvalue weighted by Crippen LogP contribution is 2.49. The molecular formula is C21H20F3N5O4S. The number of thioether (sulfide) groups is 1. The van der Waals surface area contributed by atoms with E-state index in [2.05, 4.69) is 25.6 Å². The normalized spacial score (nSPS) is 24.2. The summed E-state index contributed by atoms with van der Waals surface area (Å²) in [7, 11) is 0. The second-order valence-electron chi connectivity index (χ2n) is 7.82. The average Bonchev–Trinajstić information content (AvgIpc) is 2.79. The molecule has 1 saturated heterocycles. The summed E-state index contributed by atoms with van der Waals surface area (Å²) in [5, 5.41) is 14.0. The van der Waals surface area contributed by atoms with Crippen molar-refractivity contribution in [1.82, 2.24) is 15.3 Å². The predicted molar refractivity (Wildman–Crippen MR) is 118 cm³/mol. The van der Waals surface area contributed by atoms with E-state index in [1.165, 1.54) is 30.0 Å². The Kier molecular flexibility index (Phi) is 6.75. The summed E-state index contributed by atoms with van der Waals surface area (Å²) in [5.41, 5.74) is -1.60. The van der Waals surface area contributed by atoms with Gasteiger partial charge in [-0.05, 0) is 24.6 Å². The molecule has 0 saturated carbocycles. The number of aromatic nitrogens is 2. The summed E-state index contributed by atoms with van der Waals surface area (Å²) < 4.78 is 46.1. The van der Waals surface area contributed by atoms with Crippen molar-refractivity contribution in [3.8, 4) is 0 Å². The van der Waals surface area contributed by atoms with Gasteiger partial charge in [-0.15, -0.1) is 0 Å². The van der Waals surface area contributed by atoms with Crippen molar-refractivity contribution in [3.05, 3.63) is 53.4 Å². The number of halogens is 3. The van der Waals surface area contributed by atoms with E-state index in [0.29, 0.717) is 13.0 Å². The second-order valence-corrected chi connectivity index (χ2v) is 9.18. The SMILES string of the molecule is CC1SC(NC(=O)O)=NC2(c3cc(NC(=O)c4cnc(C(F)F)cn4)ccc3F)COCCC12. The van der Waals surface area contributed by atoms with Gasteiger partial charge in [-0.25, -0.2) is 27.9 Å². The number of hydrogen-bond acceptors (Lipinski definition) is 7. The molecule has 3 N–H and O–H groups in total. The van der Waals surface area contributed by atoms with Gasteiger partial charge in [-0.3, -0.25) is 15.1 Å². The third-order valence-corrected chi connectivity index (χ3v) is 6.82. The van der Waals surface area contributed by atoms with Crippen molar-refractivity contribution < 1.29 is 32.6 Å². The number of aliphatic imine (C=N–C) groups is 1. The zero-order valence-electron chi connectivity index (χ0n) is 17.8. The predicted octanol–water partition coefficient (Wildman–Crippen LogP) is 3.80. The van der Waals surface area contributed by atoms with Gasteiger partial charge >= 0.3 is 6.09 Å². The first-order chi connectivity index (χ1) is 16.2. The molecule has 3 unspecified atom stereocenters. The fourth-order valence-electron chi connectivity index (χ4n) is 4.17. The monoisotopic (exact) mass is 495 g/mol. The summed E-state index contributed by atoms with van der Waals surface area (Å²) in [6.07, 6.45) is -1.78. The molecule has 0 aliphatic carbocycles. The van der Waals surface area contributed by atoms with Crippen LogP contribution in [0.4, 0.5) is 23.7 Å². The molecule has 13 heteroatoms. The lowest BCUT2D eigenvalue weighted by atomic mass is 9.74. The Bertz CT molecular complexity index is 1130. The number of ether oxygens (including phenoxy) is 1. The van der Waals surface area contributed by atoms with Gasteiger partial charge in [0.25, 0.3) is 12.3 Å². The van der Waals surface area contributed by atoms with E-state index in [4.69, 9.17) is 9.84 Å². The highest BCUT2D eigenvalue weighted by atomic mass is 32.2. The summed E-state index contributed by atoms with van der Waals surface area (Å²) in [4.78, 5) is 35.5. The summed E-state index contributed by atoms with van der Waals surface area (Å²) in [6.45, 7) is 2.40. The number of amides is 2. The smallest absolute Gasteiger partial charge is 0.410 e. The van der Waals surface area contributed by atoms with Crippen LogP contribution in [0.25, 0.3) is 0 Å². The van der Waals surface area contributed by atoms with Crippen LogP contribution in [0.5, 0.6) is 0 Å². The molecule has 0 bridgehead atoms. The van der Waals surface area contributed by atoms with Crippen molar-refractivity contribution in [2.45, 2.75) is 30.6 Å². The molecule has 3 atom stereocenters. The summed E-state index contributed by atoms with van der Waals surface area (Å²) in [5.74, 6) is -1.46. The molecule has 2 aliphatic heterocycles. The first kappa shape index (κ1) is 24.0. The number of amidine groups is 1. The number of anilines is 1. The van der Waals surface area contributed by atoms with Gasteiger partial charge in [-0.2, -0.15) is 0 Å². The van der Waals surface area contributed by atoms with E-state index >= 15 is 4.39 Å². The van der Waals surface area contributed by atoms with Crippen LogP contribution in [0.2, 0.25) is 0 Å². The van der Waals surface area contributed by atoms with Crippen LogP contribution in [0.3, 0.4) is 0 Å². The molecule has 1 aromatic heterocycles. The molecule has 0 spiro atoms. The molecule has 3 heterocycles. The number of carbonyl (C=O) groups excluding carboxylic acids is 1. The zero-order valence-corrected chi connectivity index (χ0v) is 18.6. The van der Waals surface area contributed by atoms with E-state index in [-0.39, 0.29) is 39.9 Å². The maximum atomic E-state index is 15.1. The van der Waals surface area contributed by atoms with E-state index in [9.17, 15) is 18.4 Å². The van der Waals surface area contributed by atoms with Crippen molar-refractivity contribution in [2.75, 3.05) is 18.5 Å². The van der Waals surface area contributed by atoms with Crippen molar-refractivity contribution >= 4 is 34.6 Å². The standard InChI is InChI=1S/C21H20F3N5O4S/c1-10-12-4-5-33-9-21(12,29-19(34-10)28-20(31)32)13-6-11(2-3-14(13)22)27-18(30)16-8-25-15(7-26-16)17(23)24/h2-3,6-8,10,12,17H,4-5,9H2,1H3,(H,27,30)(H,28,29)(H,31,32). The van der Waals surface area contributed by atoms with Gasteiger partial charge in [0.15, 0.2) is 5.17 Å². The lowest BCUT2D eigenvalue weighted by Crippen LogP contribution is -2.51. The molecule has 2 amide bonds. The van der Waals surface area contributed by atoms with E-state index in [1.54, 1.807) is 0 Å². The molecule has 4 rings (SSSR count). The topological polar surface area (TPSA) is 126 Å². The molecule has 0 radical (unpaired) electrons. The number of nitrogens with one attached hydrogen (secondary N) is 2. The highest BCUT2D eigenvalue weighted by molar-refractivity contribution is 8.14. The molecule has 1 aromatic carbocycles. The molecular weight excluding hydrogens is 475 g/mol. The number of nitrogens with zero attached hydrogens (tertiary/aromatic N) is 3. The molecule has 180 valence electrons. The second kappa shape index (κ2) is 9.58. The largest absolute Gasteiger partial charge is 0.465 e. The van der Waals surface area contributed by atoms with Crippen LogP contribution in [0, 0.1) is 11.7 Å². The van der Waals surface area contributed by atoms with Gasteiger partial charge < -0.3 is 15.2 Å². The number of fused-ring (bicyclic) bond motifs is 1. The zero-order chi connectivity index (χ0) is 24.5. The van der Waals surface area contributed by atoms with Crippen LogP contribution >= 0.6 is 11.8 Å². The van der Waals surface area contributed by atoms with Crippen molar-refractivity contribution in [2.24, 2.45) is 10.9 Å². The molecule has 34 heavy (non-hydrogen) atoms. The number of alkyl halides is 2. The van der Waals surface area contributed by atoms with Crippen LogP contribution < -0.4 is 10.6 Å². The van der Waals surface area contributed by atoms with Crippen LogP contribution in [-0.2, 0) is 10.3 Å². The molecule has 1 fully saturated rings. The van der Waals surface area contributed by atoms with Gasteiger partial charge in [0.2, 0.25) is 0 Å². The maximum Gasteiger partial charge on any atom is 0.410 e. The quantitative estimate of drug-likeness (QED) is 0.589. The van der Waals surface area contributed by atoms with Crippen LogP contribution in [0.15, 0.2) is 35.6 Å². The first-order valence-corrected chi connectivity index (χ1v) is 11.1. The average molecular weight is 495 g/mol. The minimum atomic E-state index is -2.81. The Morgan fingerprint density at radius 3 is 2.74 bits per heavy atom. The maximum absolute atomic E-state index is 15.1. The number of hydrogen-bond donors (Lipinski definition) is 3. The van der Waals surface area contributed by atoms with Crippen molar-refractivity contribution in [3.63, 3.8) is 0 Å². The third-order valence-electron chi connectivity index (χ3n) is 5.71. The Morgan fingerprint density at radius 1 is 1.26 bits per heavy atom.